The summed E-state index contributed by atoms with van der Waals surface area (Å²) in [7, 11) is 0. The molecular formula is C9H10ClNO. The van der Waals surface area contributed by atoms with E-state index in [1.807, 2.05) is 6.92 Å². The second-order valence-corrected chi connectivity index (χ2v) is 3.16. The van der Waals surface area contributed by atoms with Gasteiger partial charge in [-0.15, -0.1) is 0 Å². The first-order valence-corrected chi connectivity index (χ1v) is 3.96. The number of hydrogen-bond acceptors (Lipinski definition) is 2. The van der Waals surface area contributed by atoms with E-state index in [0.717, 1.165) is 5.56 Å². The van der Waals surface area contributed by atoms with Gasteiger partial charge in [-0.2, -0.15) is 0 Å². The van der Waals surface area contributed by atoms with Gasteiger partial charge in [-0.05, 0) is 31.5 Å². The summed E-state index contributed by atoms with van der Waals surface area (Å²) in [5.41, 5.74) is 7.51. The summed E-state index contributed by atoms with van der Waals surface area (Å²) in [6.45, 7) is 3.31. The number of carbonyl (C=O) groups excluding carboxylic acids is 1. The highest BCUT2D eigenvalue weighted by Gasteiger charge is 2.09. The van der Waals surface area contributed by atoms with E-state index in [0.29, 0.717) is 16.3 Å². The van der Waals surface area contributed by atoms with Crippen LogP contribution in [0.2, 0.25) is 5.02 Å². The van der Waals surface area contributed by atoms with E-state index in [1.54, 1.807) is 12.1 Å². The summed E-state index contributed by atoms with van der Waals surface area (Å²) in [6, 6.07) is 3.33. The van der Waals surface area contributed by atoms with Crippen LogP contribution >= 0.6 is 11.6 Å². The first-order valence-electron chi connectivity index (χ1n) is 3.59. The van der Waals surface area contributed by atoms with Crippen LogP contribution in [0.4, 0.5) is 5.69 Å². The lowest BCUT2D eigenvalue weighted by molar-refractivity contribution is 0.101. The number of anilines is 1. The van der Waals surface area contributed by atoms with Crippen LogP contribution in [0.5, 0.6) is 0 Å². The topological polar surface area (TPSA) is 43.1 Å². The highest BCUT2D eigenvalue weighted by atomic mass is 35.5. The molecule has 0 fully saturated rings. The third-order valence-corrected chi connectivity index (χ3v) is 1.96. The Morgan fingerprint density at radius 1 is 1.50 bits per heavy atom. The Kier molecular flexibility index (Phi) is 2.38. The largest absolute Gasteiger partial charge is 0.399 e. The van der Waals surface area contributed by atoms with Gasteiger partial charge < -0.3 is 5.73 Å². The van der Waals surface area contributed by atoms with Gasteiger partial charge in [0.15, 0.2) is 5.78 Å². The fourth-order valence-corrected chi connectivity index (χ4v) is 1.62. The Morgan fingerprint density at radius 2 is 2.08 bits per heavy atom. The predicted octanol–water partition coefficient (Wildman–Crippen LogP) is 2.43. The second kappa shape index (κ2) is 3.15. The lowest BCUT2D eigenvalue weighted by atomic mass is 10.1. The maximum Gasteiger partial charge on any atom is 0.161 e. The molecule has 0 heterocycles. The van der Waals surface area contributed by atoms with Crippen LogP contribution in [0, 0.1) is 6.92 Å². The van der Waals surface area contributed by atoms with Gasteiger partial charge >= 0.3 is 0 Å². The van der Waals surface area contributed by atoms with Gasteiger partial charge in [-0.1, -0.05) is 11.6 Å². The minimum absolute atomic E-state index is 0.0301. The standard InChI is InChI=1S/C9H10ClNO/c1-5-3-7(11)4-8(10)9(5)6(2)12/h3-4H,11H2,1-2H3. The summed E-state index contributed by atoms with van der Waals surface area (Å²) in [5.74, 6) is -0.0301. The lowest BCUT2D eigenvalue weighted by Crippen LogP contribution is -1.99. The fraction of sp³-hybridized carbons (Fsp3) is 0.222. The van der Waals surface area contributed by atoms with Crippen LogP contribution in [-0.4, -0.2) is 5.78 Å². The molecule has 0 unspecified atom stereocenters. The quantitative estimate of drug-likeness (QED) is 0.537. The molecule has 0 bridgehead atoms. The van der Waals surface area contributed by atoms with Crippen LogP contribution in [0.15, 0.2) is 12.1 Å². The first-order chi connectivity index (χ1) is 5.52. The summed E-state index contributed by atoms with van der Waals surface area (Å²) < 4.78 is 0. The van der Waals surface area contributed by atoms with Gasteiger partial charge in [0.25, 0.3) is 0 Å². The van der Waals surface area contributed by atoms with Crippen molar-refractivity contribution in [3.8, 4) is 0 Å². The number of nitrogens with two attached hydrogens (primary N) is 1. The normalized spacial score (nSPS) is 9.92. The third-order valence-electron chi connectivity index (χ3n) is 1.66. The molecule has 0 atom stereocenters. The molecule has 1 aromatic carbocycles. The second-order valence-electron chi connectivity index (χ2n) is 2.75. The number of ketones is 1. The Labute approximate surface area is 76.3 Å². The number of hydrogen-bond donors (Lipinski definition) is 1. The molecule has 0 amide bonds. The molecule has 0 aliphatic carbocycles. The maximum absolute atomic E-state index is 11.1. The van der Waals surface area contributed by atoms with Crippen molar-refractivity contribution < 1.29 is 4.79 Å². The van der Waals surface area contributed by atoms with Crippen LogP contribution < -0.4 is 5.73 Å². The van der Waals surface area contributed by atoms with Crippen LogP contribution in [0.1, 0.15) is 22.8 Å². The Hall–Kier alpha value is -1.02. The average molecular weight is 184 g/mol. The maximum atomic E-state index is 11.1. The smallest absolute Gasteiger partial charge is 0.161 e. The number of aryl methyl sites for hydroxylation is 1. The predicted molar refractivity (Wildman–Crippen MR) is 50.6 cm³/mol. The van der Waals surface area contributed by atoms with Gasteiger partial charge in [0, 0.05) is 11.3 Å². The highest BCUT2D eigenvalue weighted by molar-refractivity contribution is 6.34. The van der Waals surface area contributed by atoms with Crippen molar-refractivity contribution in [1.82, 2.24) is 0 Å². The van der Waals surface area contributed by atoms with Crippen molar-refractivity contribution >= 4 is 23.1 Å². The van der Waals surface area contributed by atoms with E-state index in [1.165, 1.54) is 6.92 Å². The van der Waals surface area contributed by atoms with Gasteiger partial charge in [-0.3, -0.25) is 4.79 Å². The Morgan fingerprint density at radius 3 is 2.50 bits per heavy atom. The highest BCUT2D eigenvalue weighted by Crippen LogP contribution is 2.23. The van der Waals surface area contributed by atoms with Gasteiger partial charge in [0.05, 0.1) is 5.02 Å². The molecule has 0 spiro atoms. The average Bonchev–Trinajstić information content (AvgIpc) is 1.82. The number of Topliss-reactive ketones (excluding diaryl/α,β-unsaturated/α-hetero) is 1. The van der Waals surface area contributed by atoms with Gasteiger partial charge in [-0.25, -0.2) is 0 Å². The van der Waals surface area contributed by atoms with Gasteiger partial charge in [0.1, 0.15) is 0 Å². The van der Waals surface area contributed by atoms with Crippen molar-refractivity contribution in [2.75, 3.05) is 5.73 Å². The molecule has 1 rings (SSSR count). The van der Waals surface area contributed by atoms with Crippen molar-refractivity contribution in [3.05, 3.63) is 28.3 Å². The van der Waals surface area contributed by atoms with Crippen molar-refractivity contribution in [1.29, 1.82) is 0 Å². The monoisotopic (exact) mass is 183 g/mol. The molecule has 0 aliphatic heterocycles. The molecule has 0 radical (unpaired) electrons. The molecule has 0 saturated heterocycles. The molecule has 3 heteroatoms. The number of benzene rings is 1. The molecule has 12 heavy (non-hydrogen) atoms. The summed E-state index contributed by atoms with van der Waals surface area (Å²) in [4.78, 5) is 11.1. The van der Waals surface area contributed by atoms with Gasteiger partial charge in [0.2, 0.25) is 0 Å². The summed E-state index contributed by atoms with van der Waals surface area (Å²) in [5, 5.41) is 0.431. The molecular weight excluding hydrogens is 174 g/mol. The van der Waals surface area contributed by atoms with E-state index in [-0.39, 0.29) is 5.78 Å². The minimum Gasteiger partial charge on any atom is -0.399 e. The van der Waals surface area contributed by atoms with E-state index >= 15 is 0 Å². The van der Waals surface area contributed by atoms with Crippen LogP contribution in [0.3, 0.4) is 0 Å². The van der Waals surface area contributed by atoms with Crippen molar-refractivity contribution in [2.45, 2.75) is 13.8 Å². The number of halogens is 1. The zero-order chi connectivity index (χ0) is 9.30. The fourth-order valence-electron chi connectivity index (χ4n) is 1.22. The lowest BCUT2D eigenvalue weighted by Gasteiger charge is -2.05. The first kappa shape index (κ1) is 9.07. The van der Waals surface area contributed by atoms with Crippen molar-refractivity contribution in [3.63, 3.8) is 0 Å². The molecule has 0 saturated carbocycles. The zero-order valence-corrected chi connectivity index (χ0v) is 7.77. The molecule has 2 N–H and O–H groups in total. The Bertz CT molecular complexity index is 310. The van der Waals surface area contributed by atoms with E-state index < -0.39 is 0 Å². The summed E-state index contributed by atoms with van der Waals surface area (Å²) in [6.07, 6.45) is 0. The van der Waals surface area contributed by atoms with E-state index in [9.17, 15) is 4.79 Å². The van der Waals surface area contributed by atoms with Crippen molar-refractivity contribution in [2.24, 2.45) is 0 Å². The minimum atomic E-state index is -0.0301. The molecule has 1 aromatic rings. The Balaban J connectivity index is 3.38. The summed E-state index contributed by atoms with van der Waals surface area (Å²) >= 11 is 5.83. The SMILES string of the molecule is CC(=O)c1c(C)cc(N)cc1Cl. The zero-order valence-electron chi connectivity index (χ0n) is 7.02. The van der Waals surface area contributed by atoms with Crippen LogP contribution in [-0.2, 0) is 0 Å². The molecule has 2 nitrogen and oxygen atoms in total. The molecule has 0 aliphatic rings. The van der Waals surface area contributed by atoms with E-state index in [4.69, 9.17) is 17.3 Å². The third kappa shape index (κ3) is 1.59. The number of nitrogen functional groups attached to an aromatic ring is 1. The molecule has 64 valence electrons. The number of carbonyl (C=O) groups is 1. The molecule has 0 aromatic heterocycles. The number of rotatable bonds is 1. The van der Waals surface area contributed by atoms with E-state index in [2.05, 4.69) is 0 Å². The van der Waals surface area contributed by atoms with Crippen LogP contribution in [0.25, 0.3) is 0 Å².